The summed E-state index contributed by atoms with van der Waals surface area (Å²) >= 11 is 0. The molecule has 5 atom stereocenters. The van der Waals surface area contributed by atoms with E-state index in [9.17, 15) is 39.6 Å². The molecule has 7 N–H and O–H groups in total. The normalized spacial score (nSPS) is 27.5. The Bertz CT molecular complexity index is 1530. The molecule has 0 heterocycles. The Hall–Kier alpha value is -4.46. The Morgan fingerprint density at radius 1 is 1.05 bits per heavy atom. The molecule has 3 aliphatic rings. The van der Waals surface area contributed by atoms with Crippen molar-refractivity contribution in [1.29, 1.82) is 0 Å². The fraction of sp³-hybridized carbons (Fsp3) is 0.310. The molecule has 1 fully saturated rings. The van der Waals surface area contributed by atoms with Crippen molar-refractivity contribution in [3.8, 4) is 17.6 Å². The molecule has 10 heteroatoms. The number of carbonyl (C=O) groups is 4. The van der Waals surface area contributed by atoms with Gasteiger partial charge in [0, 0.05) is 35.2 Å². The number of aliphatic hydroxyl groups is 3. The van der Waals surface area contributed by atoms with E-state index in [-0.39, 0.29) is 42.1 Å². The second-order valence-electron chi connectivity index (χ2n) is 10.2. The SMILES string of the molecule is CC(=O)Nc1ccc(C#Cc2ccc(O)c3c2C[C@H]2C[C@H]4CC(O)C(C(N)=O)C(=O)[C@@]4(O)C(O)=C2C3=O)cc1. The van der Waals surface area contributed by atoms with E-state index in [0.29, 0.717) is 22.4 Å². The molecule has 5 rings (SSSR count). The Morgan fingerprint density at radius 3 is 2.38 bits per heavy atom. The number of anilines is 1. The lowest BCUT2D eigenvalue weighted by molar-refractivity contribution is -0.167. The second-order valence-corrected chi connectivity index (χ2v) is 10.2. The van der Waals surface area contributed by atoms with E-state index in [1.807, 2.05) is 0 Å². The Morgan fingerprint density at radius 2 is 1.74 bits per heavy atom. The summed E-state index contributed by atoms with van der Waals surface area (Å²) in [7, 11) is 0. The summed E-state index contributed by atoms with van der Waals surface area (Å²) in [5.41, 5.74) is 4.64. The lowest BCUT2D eigenvalue weighted by Gasteiger charge is -2.48. The number of hydrogen-bond acceptors (Lipinski definition) is 8. The number of fused-ring (bicyclic) bond motifs is 3. The first kappa shape index (κ1) is 26.2. The second kappa shape index (κ2) is 9.38. The largest absolute Gasteiger partial charge is 0.508 e. The maximum atomic E-state index is 13.6. The molecule has 2 unspecified atom stereocenters. The van der Waals surface area contributed by atoms with Gasteiger partial charge in [0.1, 0.15) is 17.4 Å². The third-order valence-electron chi connectivity index (χ3n) is 7.82. The van der Waals surface area contributed by atoms with E-state index >= 15 is 0 Å². The van der Waals surface area contributed by atoms with E-state index in [2.05, 4.69) is 17.2 Å². The molecular weight excluding hydrogens is 504 g/mol. The number of primary amides is 1. The number of aromatic hydroxyl groups is 1. The van der Waals surface area contributed by atoms with Crippen molar-refractivity contribution in [2.45, 2.75) is 37.9 Å². The van der Waals surface area contributed by atoms with Gasteiger partial charge in [0.15, 0.2) is 17.2 Å². The van der Waals surface area contributed by atoms with Crippen molar-refractivity contribution >= 4 is 29.1 Å². The fourth-order valence-corrected chi connectivity index (χ4v) is 6.02. The number of aliphatic hydroxyl groups excluding tert-OH is 2. The van der Waals surface area contributed by atoms with Crippen molar-refractivity contribution in [3.05, 3.63) is 70.0 Å². The number of carbonyl (C=O) groups excluding carboxylic acids is 4. The first-order chi connectivity index (χ1) is 18.4. The molecule has 3 aliphatic carbocycles. The van der Waals surface area contributed by atoms with Crippen LogP contribution in [0.3, 0.4) is 0 Å². The zero-order valence-corrected chi connectivity index (χ0v) is 20.9. The first-order valence-corrected chi connectivity index (χ1v) is 12.4. The average molecular weight is 531 g/mol. The van der Waals surface area contributed by atoms with Gasteiger partial charge in [0.25, 0.3) is 0 Å². The number of Topliss-reactive ketones (excluding diaryl/α,β-unsaturated/α-hetero) is 2. The van der Waals surface area contributed by atoms with E-state index in [1.54, 1.807) is 30.3 Å². The van der Waals surface area contributed by atoms with Crippen LogP contribution in [0.5, 0.6) is 5.75 Å². The molecule has 2 aromatic rings. The van der Waals surface area contributed by atoms with Crippen LogP contribution in [0.1, 0.15) is 46.8 Å². The first-order valence-electron chi connectivity index (χ1n) is 12.4. The molecule has 39 heavy (non-hydrogen) atoms. The number of ketones is 2. The minimum Gasteiger partial charge on any atom is -0.508 e. The number of hydrogen-bond donors (Lipinski definition) is 6. The summed E-state index contributed by atoms with van der Waals surface area (Å²) in [5, 5.41) is 46.1. The van der Waals surface area contributed by atoms with Crippen molar-refractivity contribution in [3.63, 3.8) is 0 Å². The average Bonchev–Trinajstić information content (AvgIpc) is 2.86. The summed E-state index contributed by atoms with van der Waals surface area (Å²) in [6.07, 6.45) is -1.35. The number of nitrogens with two attached hydrogens (primary N) is 1. The monoisotopic (exact) mass is 530 g/mol. The number of benzene rings is 2. The van der Waals surface area contributed by atoms with E-state index < -0.39 is 52.7 Å². The van der Waals surface area contributed by atoms with Gasteiger partial charge in [-0.2, -0.15) is 0 Å². The maximum Gasteiger partial charge on any atom is 0.230 e. The molecule has 0 aromatic heterocycles. The molecule has 0 radical (unpaired) electrons. The van der Waals surface area contributed by atoms with Crippen molar-refractivity contribution < 1.29 is 39.6 Å². The Balaban J connectivity index is 1.55. The minimum atomic E-state index is -2.55. The van der Waals surface area contributed by atoms with Crippen LogP contribution in [0.4, 0.5) is 5.69 Å². The predicted octanol–water partition coefficient (Wildman–Crippen LogP) is 1.10. The maximum absolute atomic E-state index is 13.6. The zero-order chi connectivity index (χ0) is 28.2. The van der Waals surface area contributed by atoms with E-state index in [1.165, 1.54) is 13.0 Å². The molecule has 1 saturated carbocycles. The van der Waals surface area contributed by atoms with Gasteiger partial charge in [-0.3, -0.25) is 19.2 Å². The van der Waals surface area contributed by atoms with E-state index in [4.69, 9.17) is 5.73 Å². The summed E-state index contributed by atoms with van der Waals surface area (Å²) < 4.78 is 0. The highest BCUT2D eigenvalue weighted by Crippen LogP contribution is 2.51. The molecule has 0 saturated heterocycles. The lowest BCUT2D eigenvalue weighted by atomic mass is 9.57. The van der Waals surface area contributed by atoms with Gasteiger partial charge >= 0.3 is 0 Å². The molecule has 2 aromatic carbocycles. The highest BCUT2D eigenvalue weighted by molar-refractivity contribution is 6.15. The highest BCUT2D eigenvalue weighted by Gasteiger charge is 2.62. The number of allylic oxidation sites excluding steroid dienone is 1. The highest BCUT2D eigenvalue weighted by atomic mass is 16.3. The quantitative estimate of drug-likeness (QED) is 0.246. The molecule has 10 nitrogen and oxygen atoms in total. The summed E-state index contributed by atoms with van der Waals surface area (Å²) in [6, 6.07) is 9.74. The standard InChI is InChI=1S/C29H26N2O8/c1-13(32)31-18-7-3-14(4-8-18)2-5-15-6-9-20(33)23-19(15)11-16-10-17-12-21(34)24(28(30)38)27(37)29(17,39)26(36)22(16)25(23)35/h3-4,6-9,16-17,21,24,33-34,36,39H,10-12H2,1H3,(H2,30,38)(H,31,32)/t16-,17+,21?,24?,29+/m1/s1. The molecule has 200 valence electrons. The number of phenolic OH excluding ortho intramolecular Hbond substituents is 1. The molecule has 2 amide bonds. The van der Waals surface area contributed by atoms with Crippen LogP contribution >= 0.6 is 0 Å². The van der Waals surface area contributed by atoms with Crippen molar-refractivity contribution in [2.75, 3.05) is 5.32 Å². The Kier molecular flexibility index (Phi) is 6.29. The predicted molar refractivity (Wildman–Crippen MR) is 137 cm³/mol. The summed E-state index contributed by atoms with van der Waals surface area (Å²) in [6.45, 7) is 1.40. The van der Waals surface area contributed by atoms with Gasteiger partial charge in [0.2, 0.25) is 11.8 Å². The van der Waals surface area contributed by atoms with E-state index in [0.717, 1.165) is 0 Å². The minimum absolute atomic E-state index is 0.0719. The Labute approximate surface area is 223 Å². The number of nitrogens with one attached hydrogen (secondary N) is 1. The lowest BCUT2D eigenvalue weighted by Crippen LogP contribution is -2.63. The van der Waals surface area contributed by atoms with Gasteiger partial charge < -0.3 is 31.5 Å². The van der Waals surface area contributed by atoms with Crippen LogP contribution in [-0.2, 0) is 20.8 Å². The molecule has 0 aliphatic heterocycles. The smallest absolute Gasteiger partial charge is 0.230 e. The van der Waals surface area contributed by atoms with Crippen molar-refractivity contribution in [2.24, 2.45) is 23.5 Å². The van der Waals surface area contributed by atoms with Crippen LogP contribution in [0.2, 0.25) is 0 Å². The van der Waals surface area contributed by atoms with Gasteiger partial charge in [-0.05, 0) is 67.1 Å². The summed E-state index contributed by atoms with van der Waals surface area (Å²) in [4.78, 5) is 49.7. The number of phenols is 1. The zero-order valence-electron chi connectivity index (χ0n) is 20.9. The third kappa shape index (κ3) is 4.16. The van der Waals surface area contributed by atoms with Gasteiger partial charge in [-0.25, -0.2) is 0 Å². The molecule has 0 bridgehead atoms. The van der Waals surface area contributed by atoms with Gasteiger partial charge in [-0.15, -0.1) is 0 Å². The van der Waals surface area contributed by atoms with Crippen LogP contribution in [0.25, 0.3) is 0 Å². The number of amides is 2. The van der Waals surface area contributed by atoms with Crippen LogP contribution < -0.4 is 11.1 Å². The van der Waals surface area contributed by atoms with Gasteiger partial charge in [-0.1, -0.05) is 11.8 Å². The molecular formula is C29H26N2O8. The molecule has 0 spiro atoms. The topological polar surface area (TPSA) is 187 Å². The van der Waals surface area contributed by atoms with Gasteiger partial charge in [0.05, 0.1) is 11.7 Å². The fourth-order valence-electron chi connectivity index (χ4n) is 6.02. The number of rotatable bonds is 2. The van der Waals surface area contributed by atoms with Crippen LogP contribution in [0.15, 0.2) is 47.7 Å². The van der Waals surface area contributed by atoms with Crippen LogP contribution in [0, 0.1) is 29.6 Å². The van der Waals surface area contributed by atoms with Crippen molar-refractivity contribution in [1.82, 2.24) is 0 Å². The van der Waals surface area contributed by atoms with Crippen LogP contribution in [-0.4, -0.2) is 55.5 Å². The summed E-state index contributed by atoms with van der Waals surface area (Å²) in [5.74, 6) is -1.70. The third-order valence-corrected chi connectivity index (χ3v) is 7.82.